The zero-order valence-electron chi connectivity index (χ0n) is 13.6. The lowest BCUT2D eigenvalue weighted by atomic mass is 10.1. The van der Waals surface area contributed by atoms with Gasteiger partial charge in [-0.1, -0.05) is 0 Å². The summed E-state index contributed by atoms with van der Waals surface area (Å²) >= 11 is 0. The molecule has 2 amide bonds. The summed E-state index contributed by atoms with van der Waals surface area (Å²) < 4.78 is 15.8. The van der Waals surface area contributed by atoms with Crippen LogP contribution in [0.25, 0.3) is 0 Å². The lowest BCUT2D eigenvalue weighted by molar-refractivity contribution is -0.125. The maximum atomic E-state index is 12.8. The van der Waals surface area contributed by atoms with Crippen LogP contribution >= 0.6 is 0 Å². The molecule has 0 radical (unpaired) electrons. The predicted molar refractivity (Wildman–Crippen MR) is 87.2 cm³/mol. The molecule has 7 heteroatoms. The van der Waals surface area contributed by atoms with Gasteiger partial charge < -0.3 is 24.1 Å². The maximum Gasteiger partial charge on any atom is 0.254 e. The Morgan fingerprint density at radius 3 is 2.92 bits per heavy atom. The van der Waals surface area contributed by atoms with Crippen LogP contribution in [0.2, 0.25) is 0 Å². The van der Waals surface area contributed by atoms with E-state index in [1.165, 1.54) is 0 Å². The van der Waals surface area contributed by atoms with Gasteiger partial charge in [0.1, 0.15) is 11.8 Å². The number of amides is 2. The zero-order chi connectivity index (χ0) is 17.2. The Labute approximate surface area is 144 Å². The van der Waals surface area contributed by atoms with Crippen molar-refractivity contribution >= 4 is 11.8 Å². The van der Waals surface area contributed by atoms with Crippen LogP contribution in [0.15, 0.2) is 41.0 Å². The van der Waals surface area contributed by atoms with Gasteiger partial charge in [0.15, 0.2) is 11.5 Å². The number of likely N-dealkylation sites (tertiary alicyclic amines) is 1. The lowest BCUT2D eigenvalue weighted by Crippen LogP contribution is -2.45. The highest BCUT2D eigenvalue weighted by Crippen LogP contribution is 2.33. The van der Waals surface area contributed by atoms with Crippen molar-refractivity contribution in [1.82, 2.24) is 10.2 Å². The fourth-order valence-corrected chi connectivity index (χ4v) is 3.18. The van der Waals surface area contributed by atoms with Crippen molar-refractivity contribution in [3.63, 3.8) is 0 Å². The summed E-state index contributed by atoms with van der Waals surface area (Å²) in [6.45, 7) is 1.04. The van der Waals surface area contributed by atoms with E-state index in [1.807, 2.05) is 0 Å². The third-order valence-corrected chi connectivity index (χ3v) is 4.45. The Kier molecular flexibility index (Phi) is 4.05. The van der Waals surface area contributed by atoms with Crippen LogP contribution in [0.5, 0.6) is 11.5 Å². The number of benzene rings is 1. The summed E-state index contributed by atoms with van der Waals surface area (Å²) in [7, 11) is 0. The molecule has 2 aliphatic rings. The molecule has 0 aliphatic carbocycles. The van der Waals surface area contributed by atoms with Crippen LogP contribution in [0, 0.1) is 0 Å². The van der Waals surface area contributed by atoms with Crippen molar-refractivity contribution in [1.29, 1.82) is 0 Å². The van der Waals surface area contributed by atoms with E-state index >= 15 is 0 Å². The molecule has 0 bridgehead atoms. The van der Waals surface area contributed by atoms with Crippen molar-refractivity contribution in [3.05, 3.63) is 47.9 Å². The first-order valence-electron chi connectivity index (χ1n) is 8.23. The molecule has 3 heterocycles. The van der Waals surface area contributed by atoms with Gasteiger partial charge in [0.25, 0.3) is 5.91 Å². The number of hydrogen-bond acceptors (Lipinski definition) is 5. The molecule has 25 heavy (non-hydrogen) atoms. The van der Waals surface area contributed by atoms with Crippen molar-refractivity contribution in [2.24, 2.45) is 0 Å². The first-order valence-corrected chi connectivity index (χ1v) is 8.23. The average molecular weight is 342 g/mol. The van der Waals surface area contributed by atoms with Gasteiger partial charge in [-0.25, -0.2) is 0 Å². The molecule has 2 aliphatic heterocycles. The lowest BCUT2D eigenvalue weighted by Gasteiger charge is -2.24. The summed E-state index contributed by atoms with van der Waals surface area (Å²) in [5.41, 5.74) is 0.495. The van der Waals surface area contributed by atoms with E-state index in [2.05, 4.69) is 5.32 Å². The number of carbonyl (C=O) groups is 2. The van der Waals surface area contributed by atoms with Gasteiger partial charge >= 0.3 is 0 Å². The van der Waals surface area contributed by atoms with Crippen molar-refractivity contribution in [2.75, 3.05) is 13.3 Å². The number of nitrogens with one attached hydrogen (secondary N) is 1. The molecule has 1 unspecified atom stereocenters. The zero-order valence-corrected chi connectivity index (χ0v) is 13.6. The van der Waals surface area contributed by atoms with Gasteiger partial charge in [-0.15, -0.1) is 0 Å². The van der Waals surface area contributed by atoms with E-state index in [1.54, 1.807) is 41.5 Å². The summed E-state index contributed by atoms with van der Waals surface area (Å²) in [5.74, 6) is 1.53. The molecule has 1 aromatic carbocycles. The molecule has 1 fully saturated rings. The summed E-state index contributed by atoms with van der Waals surface area (Å²) in [4.78, 5) is 26.9. The highest BCUT2D eigenvalue weighted by molar-refractivity contribution is 5.98. The maximum absolute atomic E-state index is 12.8. The Bertz CT molecular complexity index is 787. The molecule has 1 saturated heterocycles. The minimum absolute atomic E-state index is 0.161. The molecule has 130 valence electrons. The Hall–Kier alpha value is -2.96. The molecule has 1 aromatic heterocycles. The number of fused-ring (bicyclic) bond motifs is 1. The molecule has 0 spiro atoms. The van der Waals surface area contributed by atoms with Crippen LogP contribution in [0.3, 0.4) is 0 Å². The van der Waals surface area contributed by atoms with Gasteiger partial charge in [-0.05, 0) is 43.2 Å². The van der Waals surface area contributed by atoms with Crippen molar-refractivity contribution in [3.8, 4) is 11.5 Å². The normalized spacial score (nSPS) is 18.4. The number of nitrogens with zero attached hydrogens (tertiary/aromatic N) is 1. The molecule has 0 saturated carbocycles. The molecule has 2 aromatic rings. The second kappa shape index (κ2) is 6.51. The van der Waals surface area contributed by atoms with Crippen LogP contribution in [0.4, 0.5) is 0 Å². The third-order valence-electron chi connectivity index (χ3n) is 4.45. The van der Waals surface area contributed by atoms with Gasteiger partial charge in [0.2, 0.25) is 12.7 Å². The van der Waals surface area contributed by atoms with E-state index in [0.29, 0.717) is 42.3 Å². The molecule has 4 rings (SSSR count). The Morgan fingerprint density at radius 1 is 1.20 bits per heavy atom. The second-order valence-corrected chi connectivity index (χ2v) is 6.02. The number of rotatable bonds is 4. The first kappa shape index (κ1) is 15.6. The number of hydrogen-bond donors (Lipinski definition) is 1. The number of furan rings is 1. The summed E-state index contributed by atoms with van der Waals surface area (Å²) in [5, 5.41) is 2.83. The van der Waals surface area contributed by atoms with Crippen molar-refractivity contribution < 1.29 is 23.5 Å². The average Bonchev–Trinajstić information content (AvgIpc) is 3.39. The molecule has 1 atom stereocenters. The Balaban J connectivity index is 1.45. The van der Waals surface area contributed by atoms with Gasteiger partial charge in [-0.3, -0.25) is 9.59 Å². The van der Waals surface area contributed by atoms with Gasteiger partial charge in [0.05, 0.1) is 12.8 Å². The van der Waals surface area contributed by atoms with E-state index in [4.69, 9.17) is 13.9 Å². The Morgan fingerprint density at radius 2 is 2.08 bits per heavy atom. The van der Waals surface area contributed by atoms with E-state index in [-0.39, 0.29) is 18.6 Å². The molecular formula is C18H18N2O5. The van der Waals surface area contributed by atoms with Crippen LogP contribution in [-0.4, -0.2) is 36.1 Å². The first-order chi connectivity index (χ1) is 12.2. The second-order valence-electron chi connectivity index (χ2n) is 6.02. The quantitative estimate of drug-likeness (QED) is 0.918. The number of ether oxygens (including phenoxy) is 2. The fourth-order valence-electron chi connectivity index (χ4n) is 3.18. The number of carbonyl (C=O) groups excluding carboxylic acids is 2. The summed E-state index contributed by atoms with van der Waals surface area (Å²) in [6, 6.07) is 8.19. The van der Waals surface area contributed by atoms with E-state index in [9.17, 15) is 9.59 Å². The molecule has 1 N–H and O–H groups in total. The van der Waals surface area contributed by atoms with E-state index < -0.39 is 6.04 Å². The molecular weight excluding hydrogens is 324 g/mol. The van der Waals surface area contributed by atoms with Gasteiger partial charge in [-0.2, -0.15) is 0 Å². The highest BCUT2D eigenvalue weighted by atomic mass is 16.7. The predicted octanol–water partition coefficient (Wildman–Crippen LogP) is 1.93. The topological polar surface area (TPSA) is 81.0 Å². The largest absolute Gasteiger partial charge is 0.467 e. The standard InChI is InChI=1S/C18H18N2O5/c21-17(19-10-13-3-2-8-23-13)14-4-1-7-20(14)18(22)12-5-6-15-16(9-12)25-11-24-15/h2-3,5-6,8-9,14H,1,4,7,10-11H2,(H,19,21). The monoisotopic (exact) mass is 342 g/mol. The van der Waals surface area contributed by atoms with Crippen molar-refractivity contribution in [2.45, 2.75) is 25.4 Å². The molecule has 7 nitrogen and oxygen atoms in total. The minimum atomic E-state index is -0.465. The van der Waals surface area contributed by atoms with E-state index in [0.717, 1.165) is 6.42 Å². The SMILES string of the molecule is O=C(NCc1ccco1)C1CCCN1C(=O)c1ccc2c(c1)OCO2. The smallest absolute Gasteiger partial charge is 0.254 e. The van der Waals surface area contributed by atoms with Crippen LogP contribution in [0.1, 0.15) is 29.0 Å². The highest BCUT2D eigenvalue weighted by Gasteiger charge is 2.35. The minimum Gasteiger partial charge on any atom is -0.467 e. The summed E-state index contributed by atoms with van der Waals surface area (Å²) in [6.07, 6.45) is 3.02. The fraction of sp³-hybridized carbons (Fsp3) is 0.333. The van der Waals surface area contributed by atoms with Gasteiger partial charge in [0, 0.05) is 12.1 Å². The van der Waals surface area contributed by atoms with Crippen LogP contribution in [-0.2, 0) is 11.3 Å². The van der Waals surface area contributed by atoms with Crippen LogP contribution < -0.4 is 14.8 Å². The third kappa shape index (κ3) is 3.05.